The third kappa shape index (κ3) is 2.79. The van der Waals surface area contributed by atoms with Gasteiger partial charge in [0, 0.05) is 11.6 Å². The molecule has 0 spiro atoms. The number of phenols is 1. The summed E-state index contributed by atoms with van der Waals surface area (Å²) in [4.78, 5) is 22.8. The molecular formula is C17H13NO6. The number of methoxy groups -OCH3 is 1. The highest BCUT2D eigenvalue weighted by Gasteiger charge is 2.24. The van der Waals surface area contributed by atoms with Crippen molar-refractivity contribution in [3.05, 3.63) is 63.2 Å². The fourth-order valence-electron chi connectivity index (χ4n) is 2.42. The van der Waals surface area contributed by atoms with Gasteiger partial charge in [0.15, 0.2) is 11.5 Å². The van der Waals surface area contributed by atoms with E-state index in [9.17, 15) is 20.0 Å². The molecule has 0 fully saturated rings. The van der Waals surface area contributed by atoms with E-state index in [1.165, 1.54) is 31.4 Å². The van der Waals surface area contributed by atoms with Crippen molar-refractivity contribution >= 4 is 17.5 Å². The lowest BCUT2D eigenvalue weighted by molar-refractivity contribution is -0.385. The largest absolute Gasteiger partial charge is 0.502 e. The number of ether oxygens (including phenoxy) is 2. The number of nitro benzene ring substituents is 1. The van der Waals surface area contributed by atoms with Crippen molar-refractivity contribution in [2.24, 2.45) is 0 Å². The molecule has 1 aliphatic rings. The van der Waals surface area contributed by atoms with E-state index in [0.717, 1.165) is 0 Å². The number of benzene rings is 2. The van der Waals surface area contributed by atoms with Gasteiger partial charge >= 0.3 is 5.69 Å². The number of fused-ring (bicyclic) bond motifs is 1. The van der Waals surface area contributed by atoms with Crippen molar-refractivity contribution in [3.8, 4) is 17.2 Å². The summed E-state index contributed by atoms with van der Waals surface area (Å²) in [6.07, 6.45) is 1.51. The van der Waals surface area contributed by atoms with Crippen LogP contribution in [-0.2, 0) is 0 Å². The number of carbonyl (C=O) groups excluding carboxylic acids is 1. The Morgan fingerprint density at radius 3 is 2.79 bits per heavy atom. The fraction of sp³-hybridized carbons (Fsp3) is 0.118. The van der Waals surface area contributed by atoms with Crippen LogP contribution in [-0.4, -0.2) is 29.5 Å². The molecule has 0 atom stereocenters. The molecule has 24 heavy (non-hydrogen) atoms. The predicted octanol–water partition coefficient (Wildman–Crippen LogP) is 2.97. The first-order valence-electron chi connectivity index (χ1n) is 7.03. The number of aromatic hydroxyl groups is 1. The maximum Gasteiger partial charge on any atom is 0.311 e. The van der Waals surface area contributed by atoms with E-state index in [-0.39, 0.29) is 12.4 Å². The molecule has 2 aromatic rings. The summed E-state index contributed by atoms with van der Waals surface area (Å²) in [5.41, 5.74) is 0.740. The summed E-state index contributed by atoms with van der Waals surface area (Å²) >= 11 is 0. The Labute approximate surface area is 136 Å². The van der Waals surface area contributed by atoms with E-state index in [2.05, 4.69) is 0 Å². The molecule has 0 saturated carbocycles. The van der Waals surface area contributed by atoms with Crippen LogP contribution in [0.4, 0.5) is 5.69 Å². The van der Waals surface area contributed by atoms with E-state index in [0.29, 0.717) is 28.2 Å². The molecule has 0 bridgehead atoms. The molecular weight excluding hydrogens is 314 g/mol. The number of Topliss-reactive ketones (excluding diaryl/α,β-unsaturated/α-hetero) is 1. The van der Waals surface area contributed by atoms with Crippen LogP contribution in [0.1, 0.15) is 15.9 Å². The van der Waals surface area contributed by atoms with E-state index in [1.54, 1.807) is 18.2 Å². The molecule has 1 aliphatic heterocycles. The summed E-state index contributed by atoms with van der Waals surface area (Å²) in [6.45, 7) is 0.0623. The van der Waals surface area contributed by atoms with E-state index >= 15 is 0 Å². The van der Waals surface area contributed by atoms with Gasteiger partial charge < -0.3 is 14.6 Å². The van der Waals surface area contributed by atoms with Crippen molar-refractivity contribution in [2.45, 2.75) is 0 Å². The number of phenolic OH excluding ortho intramolecular Hbond substituents is 1. The number of rotatable bonds is 3. The van der Waals surface area contributed by atoms with Crippen LogP contribution in [0.5, 0.6) is 17.2 Å². The molecule has 0 unspecified atom stereocenters. The van der Waals surface area contributed by atoms with Gasteiger partial charge in [-0.1, -0.05) is 6.07 Å². The van der Waals surface area contributed by atoms with Gasteiger partial charge in [-0.3, -0.25) is 14.9 Å². The number of hydrogen-bond donors (Lipinski definition) is 1. The number of carbonyl (C=O) groups is 1. The minimum absolute atomic E-state index is 0.0623. The number of nitro groups is 1. The quantitative estimate of drug-likeness (QED) is 0.528. The Bertz CT molecular complexity index is 871. The normalized spacial score (nSPS) is 14.9. The van der Waals surface area contributed by atoms with Gasteiger partial charge in [0.05, 0.1) is 17.6 Å². The molecule has 1 heterocycles. The Hall–Kier alpha value is -3.35. The molecule has 3 rings (SSSR count). The first-order chi connectivity index (χ1) is 11.5. The third-order valence-electron chi connectivity index (χ3n) is 3.64. The molecule has 1 N–H and O–H groups in total. The molecule has 7 nitrogen and oxygen atoms in total. The van der Waals surface area contributed by atoms with Crippen LogP contribution < -0.4 is 9.47 Å². The van der Waals surface area contributed by atoms with Crippen molar-refractivity contribution in [1.29, 1.82) is 0 Å². The predicted molar refractivity (Wildman–Crippen MR) is 85.6 cm³/mol. The average Bonchev–Trinajstić information content (AvgIpc) is 2.58. The molecule has 0 aliphatic carbocycles. The maximum absolute atomic E-state index is 12.6. The lowest BCUT2D eigenvalue weighted by Gasteiger charge is -2.19. The van der Waals surface area contributed by atoms with Crippen LogP contribution in [0.25, 0.3) is 6.08 Å². The lowest BCUT2D eigenvalue weighted by atomic mass is 9.98. The van der Waals surface area contributed by atoms with Gasteiger partial charge in [-0.25, -0.2) is 0 Å². The second-order valence-electron chi connectivity index (χ2n) is 5.15. The standard InChI is InChI=1S/C17H13NO6/c1-23-12-3-5-16-13(8-12)17(20)11(9-24-16)6-10-2-4-15(19)14(7-10)18(21)22/h2-8,19H,9H2,1H3. The van der Waals surface area contributed by atoms with Gasteiger partial charge in [-0.15, -0.1) is 0 Å². The first kappa shape index (κ1) is 15.5. The minimum Gasteiger partial charge on any atom is -0.502 e. The molecule has 0 amide bonds. The first-order valence-corrected chi connectivity index (χ1v) is 7.03. The van der Waals surface area contributed by atoms with Crippen molar-refractivity contribution < 1.29 is 24.3 Å². The van der Waals surface area contributed by atoms with Crippen molar-refractivity contribution in [3.63, 3.8) is 0 Å². The van der Waals surface area contributed by atoms with E-state index < -0.39 is 16.4 Å². The van der Waals surface area contributed by atoms with Crippen LogP contribution in [0.3, 0.4) is 0 Å². The van der Waals surface area contributed by atoms with Gasteiger partial charge in [-0.05, 0) is 35.9 Å². The van der Waals surface area contributed by atoms with Crippen LogP contribution >= 0.6 is 0 Å². The second kappa shape index (κ2) is 6.04. The smallest absolute Gasteiger partial charge is 0.311 e. The van der Waals surface area contributed by atoms with Crippen molar-refractivity contribution in [1.82, 2.24) is 0 Å². The summed E-state index contributed by atoms with van der Waals surface area (Å²) in [7, 11) is 1.50. The van der Waals surface area contributed by atoms with Gasteiger partial charge in [0.25, 0.3) is 0 Å². The van der Waals surface area contributed by atoms with Gasteiger partial charge in [0.1, 0.15) is 18.1 Å². The Morgan fingerprint density at radius 2 is 2.08 bits per heavy atom. The van der Waals surface area contributed by atoms with Crippen LogP contribution in [0, 0.1) is 10.1 Å². The number of ketones is 1. The topological polar surface area (TPSA) is 98.9 Å². The zero-order valence-electron chi connectivity index (χ0n) is 12.7. The van der Waals surface area contributed by atoms with Crippen molar-refractivity contribution in [2.75, 3.05) is 13.7 Å². The maximum atomic E-state index is 12.6. The molecule has 0 radical (unpaired) electrons. The molecule has 7 heteroatoms. The van der Waals surface area contributed by atoms with Gasteiger partial charge in [-0.2, -0.15) is 0 Å². The second-order valence-corrected chi connectivity index (χ2v) is 5.15. The highest BCUT2D eigenvalue weighted by Crippen LogP contribution is 2.32. The fourth-order valence-corrected chi connectivity index (χ4v) is 2.42. The zero-order chi connectivity index (χ0) is 17.3. The average molecular weight is 327 g/mol. The summed E-state index contributed by atoms with van der Waals surface area (Å²) < 4.78 is 10.7. The van der Waals surface area contributed by atoms with E-state index in [1.807, 2.05) is 0 Å². The Morgan fingerprint density at radius 1 is 1.29 bits per heavy atom. The summed E-state index contributed by atoms with van der Waals surface area (Å²) in [5.74, 6) is 0.344. The Kier molecular flexibility index (Phi) is 3.91. The van der Waals surface area contributed by atoms with Crippen LogP contribution in [0.2, 0.25) is 0 Å². The van der Waals surface area contributed by atoms with E-state index in [4.69, 9.17) is 9.47 Å². The number of hydrogen-bond acceptors (Lipinski definition) is 6. The van der Waals surface area contributed by atoms with Gasteiger partial charge in [0.2, 0.25) is 0 Å². The summed E-state index contributed by atoms with van der Waals surface area (Å²) in [5, 5.41) is 20.4. The highest BCUT2D eigenvalue weighted by molar-refractivity contribution is 6.14. The monoisotopic (exact) mass is 327 g/mol. The Balaban J connectivity index is 1.98. The lowest BCUT2D eigenvalue weighted by Crippen LogP contribution is -2.19. The molecule has 122 valence electrons. The number of nitrogens with zero attached hydrogens (tertiary/aromatic N) is 1. The highest BCUT2D eigenvalue weighted by atomic mass is 16.6. The third-order valence-corrected chi connectivity index (χ3v) is 3.64. The SMILES string of the molecule is COc1ccc2c(c1)C(=O)C(=Cc1ccc(O)c([N+](=O)[O-])c1)CO2. The van der Waals surface area contributed by atoms with Crippen LogP contribution in [0.15, 0.2) is 42.0 Å². The molecule has 0 aromatic heterocycles. The molecule has 2 aromatic carbocycles. The minimum atomic E-state index is -0.684. The molecule has 0 saturated heterocycles. The summed E-state index contributed by atoms with van der Waals surface area (Å²) in [6, 6.07) is 8.86. The zero-order valence-corrected chi connectivity index (χ0v) is 12.7.